The Labute approximate surface area is 135 Å². The van der Waals surface area contributed by atoms with Crippen molar-refractivity contribution in [1.29, 1.82) is 0 Å². The lowest BCUT2D eigenvalue weighted by molar-refractivity contribution is -0.137. The largest absolute Gasteiger partial charge is 0.496 e. The molecule has 0 spiro atoms. The SMILES string of the molecule is COc1cccc2oc(C(=O)c3cccc(C(F)(F)F)c3)c(C)c12. The van der Waals surface area contributed by atoms with E-state index >= 15 is 0 Å². The molecule has 1 heterocycles. The highest BCUT2D eigenvalue weighted by atomic mass is 19.4. The summed E-state index contributed by atoms with van der Waals surface area (Å²) in [7, 11) is 1.50. The molecule has 3 aromatic rings. The number of alkyl halides is 3. The number of fused-ring (bicyclic) bond motifs is 1. The van der Waals surface area contributed by atoms with Gasteiger partial charge in [0.25, 0.3) is 0 Å². The number of carbonyl (C=O) groups is 1. The van der Waals surface area contributed by atoms with Gasteiger partial charge in [0.2, 0.25) is 5.78 Å². The van der Waals surface area contributed by atoms with Crippen molar-refractivity contribution in [2.24, 2.45) is 0 Å². The Balaban J connectivity index is 2.12. The van der Waals surface area contributed by atoms with Crippen LogP contribution < -0.4 is 4.74 Å². The van der Waals surface area contributed by atoms with E-state index in [1.54, 1.807) is 25.1 Å². The summed E-state index contributed by atoms with van der Waals surface area (Å²) in [5.41, 5.74) is 0.0256. The first kappa shape index (κ1) is 16.1. The van der Waals surface area contributed by atoms with Crippen LogP contribution in [0.1, 0.15) is 27.2 Å². The smallest absolute Gasteiger partial charge is 0.416 e. The van der Waals surface area contributed by atoms with Crippen molar-refractivity contribution in [2.45, 2.75) is 13.1 Å². The van der Waals surface area contributed by atoms with E-state index in [2.05, 4.69) is 0 Å². The minimum Gasteiger partial charge on any atom is -0.496 e. The number of halogens is 3. The van der Waals surface area contributed by atoms with E-state index < -0.39 is 17.5 Å². The number of carbonyl (C=O) groups excluding carboxylic acids is 1. The second-order valence-corrected chi connectivity index (χ2v) is 5.30. The maximum absolute atomic E-state index is 12.8. The van der Waals surface area contributed by atoms with Crippen molar-refractivity contribution in [2.75, 3.05) is 7.11 Å². The van der Waals surface area contributed by atoms with E-state index in [4.69, 9.17) is 9.15 Å². The summed E-state index contributed by atoms with van der Waals surface area (Å²) in [5.74, 6) is -0.0532. The maximum atomic E-state index is 12.8. The molecular weight excluding hydrogens is 321 g/mol. The van der Waals surface area contributed by atoms with Gasteiger partial charge < -0.3 is 9.15 Å². The molecule has 24 heavy (non-hydrogen) atoms. The fraction of sp³-hybridized carbons (Fsp3) is 0.167. The van der Waals surface area contributed by atoms with Crippen LogP contribution in [0.4, 0.5) is 13.2 Å². The number of furan rings is 1. The van der Waals surface area contributed by atoms with Crippen LogP contribution in [0.25, 0.3) is 11.0 Å². The summed E-state index contributed by atoms with van der Waals surface area (Å²) in [5, 5.41) is 0.635. The number of benzene rings is 2. The Morgan fingerprint density at radius 2 is 1.83 bits per heavy atom. The molecule has 0 aliphatic rings. The second-order valence-electron chi connectivity index (χ2n) is 5.30. The van der Waals surface area contributed by atoms with Crippen LogP contribution in [0, 0.1) is 6.92 Å². The molecule has 0 saturated heterocycles. The fourth-order valence-corrected chi connectivity index (χ4v) is 2.62. The molecule has 0 radical (unpaired) electrons. The molecule has 0 aliphatic carbocycles. The Morgan fingerprint density at radius 3 is 2.50 bits per heavy atom. The molecule has 0 fully saturated rings. The molecular formula is C18H13F3O3. The van der Waals surface area contributed by atoms with Gasteiger partial charge in [-0.25, -0.2) is 0 Å². The molecule has 6 heteroatoms. The topological polar surface area (TPSA) is 39.4 Å². The second kappa shape index (κ2) is 5.70. The van der Waals surface area contributed by atoms with E-state index in [1.165, 1.54) is 19.2 Å². The van der Waals surface area contributed by atoms with Crippen molar-refractivity contribution >= 4 is 16.8 Å². The lowest BCUT2D eigenvalue weighted by Crippen LogP contribution is -2.08. The summed E-state index contributed by atoms with van der Waals surface area (Å²) < 4.78 is 49.3. The highest BCUT2D eigenvalue weighted by Gasteiger charge is 2.31. The minimum absolute atomic E-state index is 0.00817. The molecule has 1 aromatic heterocycles. The van der Waals surface area contributed by atoms with Gasteiger partial charge in [-0.3, -0.25) is 4.79 Å². The quantitative estimate of drug-likeness (QED) is 0.633. The van der Waals surface area contributed by atoms with Gasteiger partial charge in [-0.1, -0.05) is 18.2 Å². The number of methoxy groups -OCH3 is 1. The van der Waals surface area contributed by atoms with E-state index in [0.29, 0.717) is 22.3 Å². The molecule has 0 N–H and O–H groups in total. The van der Waals surface area contributed by atoms with Gasteiger partial charge in [0, 0.05) is 11.1 Å². The third-order valence-corrected chi connectivity index (χ3v) is 3.79. The zero-order chi connectivity index (χ0) is 17.5. The van der Waals surface area contributed by atoms with Crippen molar-refractivity contribution in [3.05, 3.63) is 64.9 Å². The predicted molar refractivity (Wildman–Crippen MR) is 82.4 cm³/mol. The number of rotatable bonds is 3. The van der Waals surface area contributed by atoms with Gasteiger partial charge in [-0.05, 0) is 31.2 Å². The third-order valence-electron chi connectivity index (χ3n) is 3.79. The average Bonchev–Trinajstić information content (AvgIpc) is 2.90. The summed E-state index contributed by atoms with van der Waals surface area (Å²) >= 11 is 0. The number of hydrogen-bond donors (Lipinski definition) is 0. The monoisotopic (exact) mass is 334 g/mol. The van der Waals surface area contributed by atoms with E-state index in [9.17, 15) is 18.0 Å². The average molecular weight is 334 g/mol. The summed E-state index contributed by atoms with van der Waals surface area (Å²) in [4.78, 5) is 12.6. The molecule has 0 aliphatic heterocycles. The maximum Gasteiger partial charge on any atom is 0.416 e. The molecule has 3 nitrogen and oxygen atoms in total. The van der Waals surface area contributed by atoms with Gasteiger partial charge in [-0.2, -0.15) is 13.2 Å². The predicted octanol–water partition coefficient (Wildman–Crippen LogP) is 5.00. The lowest BCUT2D eigenvalue weighted by Gasteiger charge is -2.07. The molecule has 3 rings (SSSR count). The zero-order valence-corrected chi connectivity index (χ0v) is 12.9. The molecule has 0 saturated carbocycles. The van der Waals surface area contributed by atoms with Crippen molar-refractivity contribution in [1.82, 2.24) is 0 Å². The first-order chi connectivity index (χ1) is 11.3. The van der Waals surface area contributed by atoms with Crippen molar-refractivity contribution in [3.8, 4) is 5.75 Å². The molecule has 2 aromatic carbocycles. The first-order valence-corrected chi connectivity index (χ1v) is 7.11. The van der Waals surface area contributed by atoms with Crippen LogP contribution in [-0.4, -0.2) is 12.9 Å². The Kier molecular flexibility index (Phi) is 3.83. The molecule has 0 atom stereocenters. The number of ketones is 1. The summed E-state index contributed by atoms with van der Waals surface area (Å²) in [6.07, 6.45) is -4.51. The van der Waals surface area contributed by atoms with Crippen molar-refractivity contribution in [3.63, 3.8) is 0 Å². The Hall–Kier alpha value is -2.76. The summed E-state index contributed by atoms with van der Waals surface area (Å²) in [6.45, 7) is 1.68. The van der Waals surface area contributed by atoms with Crippen LogP contribution in [0.2, 0.25) is 0 Å². The van der Waals surface area contributed by atoms with Gasteiger partial charge in [0.05, 0.1) is 18.1 Å². The Morgan fingerprint density at radius 1 is 1.12 bits per heavy atom. The molecule has 124 valence electrons. The lowest BCUT2D eigenvalue weighted by atomic mass is 10.0. The van der Waals surface area contributed by atoms with Gasteiger partial charge in [0.15, 0.2) is 5.76 Å². The van der Waals surface area contributed by atoms with E-state index in [-0.39, 0.29) is 11.3 Å². The molecule has 0 amide bonds. The molecule has 0 bridgehead atoms. The van der Waals surface area contributed by atoms with Crippen molar-refractivity contribution < 1.29 is 27.1 Å². The zero-order valence-electron chi connectivity index (χ0n) is 12.9. The highest BCUT2D eigenvalue weighted by Crippen LogP contribution is 2.35. The first-order valence-electron chi connectivity index (χ1n) is 7.11. The summed E-state index contributed by atoms with van der Waals surface area (Å²) in [6, 6.07) is 9.40. The number of hydrogen-bond acceptors (Lipinski definition) is 3. The van der Waals surface area contributed by atoms with E-state index in [0.717, 1.165) is 12.1 Å². The minimum atomic E-state index is -4.51. The molecule has 0 unspecified atom stereocenters. The Bertz CT molecular complexity index is 923. The van der Waals surface area contributed by atoms with Gasteiger partial charge in [-0.15, -0.1) is 0 Å². The van der Waals surface area contributed by atoms with Crippen LogP contribution in [-0.2, 0) is 6.18 Å². The van der Waals surface area contributed by atoms with Crippen LogP contribution in [0.3, 0.4) is 0 Å². The van der Waals surface area contributed by atoms with Crippen LogP contribution in [0.15, 0.2) is 46.9 Å². The van der Waals surface area contributed by atoms with Gasteiger partial charge >= 0.3 is 6.18 Å². The van der Waals surface area contributed by atoms with Crippen LogP contribution >= 0.6 is 0 Å². The standard InChI is InChI=1S/C18H13F3O3/c1-10-15-13(23-2)7-4-8-14(15)24-17(10)16(22)11-5-3-6-12(9-11)18(19,20)21/h3-9H,1-2H3. The van der Waals surface area contributed by atoms with Crippen LogP contribution in [0.5, 0.6) is 5.75 Å². The number of ether oxygens (including phenoxy) is 1. The fourth-order valence-electron chi connectivity index (χ4n) is 2.62. The highest BCUT2D eigenvalue weighted by molar-refractivity contribution is 6.11. The number of aryl methyl sites for hydroxylation is 1. The normalized spacial score (nSPS) is 11.7. The third kappa shape index (κ3) is 2.64. The van der Waals surface area contributed by atoms with E-state index in [1.807, 2.05) is 0 Å². The van der Waals surface area contributed by atoms with Gasteiger partial charge in [0.1, 0.15) is 11.3 Å².